The lowest BCUT2D eigenvalue weighted by atomic mass is 9.76. The van der Waals surface area contributed by atoms with Crippen LogP contribution >= 0.6 is 11.3 Å². The SMILES string of the molecule is Cc1nc(N2CCC3(CC2)Cc2cccnc2C3)c2ccnn2c1-c1ccc2scnc2c1. The van der Waals surface area contributed by atoms with Gasteiger partial charge in [-0.3, -0.25) is 4.98 Å². The molecule has 33 heavy (non-hydrogen) atoms. The molecule has 5 aromatic rings. The van der Waals surface area contributed by atoms with Gasteiger partial charge in [0.25, 0.3) is 0 Å². The molecule has 0 bridgehead atoms. The zero-order valence-electron chi connectivity index (χ0n) is 18.5. The van der Waals surface area contributed by atoms with Crippen LogP contribution in [-0.2, 0) is 12.8 Å². The number of benzene rings is 1. The molecule has 164 valence electrons. The van der Waals surface area contributed by atoms with Crippen molar-refractivity contribution in [3.05, 3.63) is 71.3 Å². The lowest BCUT2D eigenvalue weighted by Crippen LogP contribution is -2.41. The summed E-state index contributed by atoms with van der Waals surface area (Å²) < 4.78 is 3.26. The molecule has 6 nitrogen and oxygen atoms in total. The number of rotatable bonds is 2. The van der Waals surface area contributed by atoms with Gasteiger partial charge in [0.15, 0.2) is 5.82 Å². The predicted octanol–water partition coefficient (Wildman–Crippen LogP) is 5.09. The third kappa shape index (κ3) is 2.99. The van der Waals surface area contributed by atoms with Crippen LogP contribution in [0.4, 0.5) is 5.82 Å². The Morgan fingerprint density at radius 1 is 1.00 bits per heavy atom. The maximum Gasteiger partial charge on any atom is 0.155 e. The van der Waals surface area contributed by atoms with E-state index < -0.39 is 0 Å². The highest BCUT2D eigenvalue weighted by Gasteiger charge is 2.41. The number of nitrogens with zero attached hydrogens (tertiary/aromatic N) is 6. The minimum Gasteiger partial charge on any atom is -0.355 e. The van der Waals surface area contributed by atoms with Crippen molar-refractivity contribution in [1.29, 1.82) is 0 Å². The number of pyridine rings is 1. The van der Waals surface area contributed by atoms with Crippen LogP contribution in [0.5, 0.6) is 0 Å². The first-order valence-corrected chi connectivity index (χ1v) is 12.4. The molecule has 1 fully saturated rings. The fourth-order valence-corrected chi connectivity index (χ4v) is 6.46. The molecule has 1 aliphatic heterocycles. The van der Waals surface area contributed by atoms with E-state index in [4.69, 9.17) is 10.1 Å². The van der Waals surface area contributed by atoms with E-state index in [1.54, 1.807) is 11.3 Å². The van der Waals surface area contributed by atoms with Gasteiger partial charge in [-0.2, -0.15) is 5.10 Å². The second kappa shape index (κ2) is 7.09. The molecule has 1 spiro atoms. The van der Waals surface area contributed by atoms with E-state index in [0.29, 0.717) is 5.41 Å². The van der Waals surface area contributed by atoms with Crippen molar-refractivity contribution in [2.75, 3.05) is 18.0 Å². The number of aromatic nitrogens is 5. The molecule has 2 aliphatic rings. The molecule has 7 heteroatoms. The van der Waals surface area contributed by atoms with Gasteiger partial charge < -0.3 is 4.90 Å². The van der Waals surface area contributed by atoms with Crippen molar-refractivity contribution in [3.63, 3.8) is 0 Å². The summed E-state index contributed by atoms with van der Waals surface area (Å²) in [5.41, 5.74) is 10.2. The number of fused-ring (bicyclic) bond motifs is 3. The molecule has 0 N–H and O–H groups in total. The van der Waals surface area contributed by atoms with E-state index in [-0.39, 0.29) is 0 Å². The molecule has 1 saturated heterocycles. The summed E-state index contributed by atoms with van der Waals surface area (Å²) in [4.78, 5) is 16.7. The third-order valence-electron chi connectivity index (χ3n) is 7.52. The molecule has 1 aromatic carbocycles. The van der Waals surface area contributed by atoms with E-state index in [9.17, 15) is 0 Å². The fraction of sp³-hybridized carbons (Fsp3) is 0.308. The first kappa shape index (κ1) is 19.2. The number of aryl methyl sites for hydroxylation is 1. The van der Waals surface area contributed by atoms with Crippen LogP contribution < -0.4 is 4.90 Å². The Morgan fingerprint density at radius 3 is 2.79 bits per heavy atom. The van der Waals surface area contributed by atoms with E-state index in [0.717, 1.165) is 59.7 Å². The normalized spacial score (nSPS) is 17.3. The molecule has 4 aromatic heterocycles. The molecule has 0 saturated carbocycles. The summed E-state index contributed by atoms with van der Waals surface area (Å²) in [7, 11) is 0. The van der Waals surface area contributed by atoms with Crippen LogP contribution in [0.25, 0.3) is 27.0 Å². The molecular weight excluding hydrogens is 428 g/mol. The van der Waals surface area contributed by atoms with Crippen LogP contribution in [0.3, 0.4) is 0 Å². The van der Waals surface area contributed by atoms with Gasteiger partial charge in [0.05, 0.1) is 33.3 Å². The van der Waals surface area contributed by atoms with Crippen LogP contribution in [-0.4, -0.2) is 37.7 Å². The summed E-state index contributed by atoms with van der Waals surface area (Å²) in [6.45, 7) is 4.13. The van der Waals surface area contributed by atoms with Crippen LogP contribution in [0.2, 0.25) is 0 Å². The van der Waals surface area contributed by atoms with Gasteiger partial charge in [-0.1, -0.05) is 12.1 Å². The minimum absolute atomic E-state index is 0.363. The summed E-state index contributed by atoms with van der Waals surface area (Å²) in [5.74, 6) is 1.05. The molecule has 5 heterocycles. The van der Waals surface area contributed by atoms with Crippen molar-refractivity contribution < 1.29 is 0 Å². The molecule has 0 atom stereocenters. The Bertz CT molecular complexity index is 1480. The number of anilines is 1. The monoisotopic (exact) mass is 452 g/mol. The highest BCUT2D eigenvalue weighted by Crippen LogP contribution is 2.45. The first-order chi connectivity index (χ1) is 16.2. The Labute approximate surface area is 196 Å². The number of thiazole rings is 1. The maximum atomic E-state index is 5.13. The second-order valence-electron chi connectivity index (χ2n) is 9.48. The van der Waals surface area contributed by atoms with Gasteiger partial charge in [-0.15, -0.1) is 11.3 Å². The average molecular weight is 453 g/mol. The fourth-order valence-electron chi connectivity index (χ4n) is 5.80. The van der Waals surface area contributed by atoms with E-state index >= 15 is 0 Å². The van der Waals surface area contributed by atoms with Gasteiger partial charge in [-0.25, -0.2) is 14.5 Å². The smallest absolute Gasteiger partial charge is 0.155 e. The minimum atomic E-state index is 0.363. The van der Waals surface area contributed by atoms with Crippen LogP contribution in [0.1, 0.15) is 29.8 Å². The van der Waals surface area contributed by atoms with Crippen LogP contribution in [0.15, 0.2) is 54.3 Å². The standard InChI is InChI=1S/C26H24N6S/c1-17-24(18-4-5-23-20(13-18)28-16-33-23)32-22(6-10-29-32)25(30-17)31-11-7-26(8-12-31)14-19-3-2-9-27-21(19)15-26/h2-6,9-10,13,16H,7-8,11-12,14-15H2,1H3. The van der Waals surface area contributed by atoms with Crippen molar-refractivity contribution in [3.8, 4) is 11.3 Å². The second-order valence-corrected chi connectivity index (χ2v) is 10.4. The molecule has 0 radical (unpaired) electrons. The highest BCUT2D eigenvalue weighted by molar-refractivity contribution is 7.16. The molecule has 7 rings (SSSR count). The summed E-state index contributed by atoms with van der Waals surface area (Å²) in [5, 5.41) is 4.70. The van der Waals surface area contributed by atoms with Crippen molar-refractivity contribution in [2.45, 2.75) is 32.6 Å². The Kier molecular flexibility index (Phi) is 4.12. The average Bonchev–Trinajstić information content (AvgIpc) is 3.56. The van der Waals surface area contributed by atoms with Gasteiger partial charge in [0, 0.05) is 30.5 Å². The summed E-state index contributed by atoms with van der Waals surface area (Å²) in [6.07, 6.45) is 8.44. The highest BCUT2D eigenvalue weighted by atomic mass is 32.1. The third-order valence-corrected chi connectivity index (χ3v) is 8.33. The lowest BCUT2D eigenvalue weighted by Gasteiger charge is -2.40. The number of piperidine rings is 1. The largest absolute Gasteiger partial charge is 0.355 e. The summed E-state index contributed by atoms with van der Waals surface area (Å²) >= 11 is 1.67. The molecular formula is C26H24N6S. The van der Waals surface area contributed by atoms with Crippen molar-refractivity contribution in [1.82, 2.24) is 24.6 Å². The van der Waals surface area contributed by atoms with E-state index in [1.807, 2.05) is 17.9 Å². The predicted molar refractivity (Wildman–Crippen MR) is 132 cm³/mol. The number of hydrogen-bond donors (Lipinski definition) is 0. The topological polar surface area (TPSA) is 59.2 Å². The van der Waals surface area contributed by atoms with E-state index in [1.165, 1.54) is 28.8 Å². The zero-order chi connectivity index (χ0) is 22.0. The van der Waals surface area contributed by atoms with Gasteiger partial charge in [0.1, 0.15) is 5.52 Å². The van der Waals surface area contributed by atoms with E-state index in [2.05, 4.69) is 62.7 Å². The van der Waals surface area contributed by atoms with Crippen molar-refractivity contribution in [2.24, 2.45) is 5.41 Å². The van der Waals surface area contributed by atoms with Gasteiger partial charge in [-0.05, 0) is 67.9 Å². The summed E-state index contributed by atoms with van der Waals surface area (Å²) in [6, 6.07) is 12.9. The molecule has 0 unspecified atom stereocenters. The first-order valence-electron chi connectivity index (χ1n) is 11.5. The number of hydrogen-bond acceptors (Lipinski definition) is 6. The quantitative estimate of drug-likeness (QED) is 0.373. The Hall–Kier alpha value is -3.32. The van der Waals surface area contributed by atoms with Crippen LogP contribution in [0, 0.1) is 12.3 Å². The Morgan fingerprint density at radius 2 is 1.91 bits per heavy atom. The molecule has 1 aliphatic carbocycles. The van der Waals surface area contributed by atoms with Gasteiger partial charge >= 0.3 is 0 Å². The maximum absolute atomic E-state index is 5.13. The Balaban J connectivity index is 1.22. The van der Waals surface area contributed by atoms with Crippen molar-refractivity contribution >= 4 is 32.9 Å². The lowest BCUT2D eigenvalue weighted by molar-refractivity contribution is 0.231. The van der Waals surface area contributed by atoms with Gasteiger partial charge in [0.2, 0.25) is 0 Å². The zero-order valence-corrected chi connectivity index (χ0v) is 19.3. The molecule has 0 amide bonds.